The maximum absolute atomic E-state index is 8.55. The number of aromatic nitrogens is 2. The Morgan fingerprint density at radius 3 is 3.07 bits per heavy atom. The van der Waals surface area contributed by atoms with Crippen LogP contribution in [0.1, 0.15) is 12.5 Å². The van der Waals surface area contributed by atoms with Crippen molar-refractivity contribution < 1.29 is 0 Å². The smallest absolute Gasteiger partial charge is 0.0666 e. The first-order valence-corrected chi connectivity index (χ1v) is 4.80. The number of hydrogen-bond acceptors (Lipinski definition) is 3. The molecule has 4 nitrogen and oxygen atoms in total. The first kappa shape index (κ1) is 10.7. The quantitative estimate of drug-likeness (QED) is 0.699. The predicted molar refractivity (Wildman–Crippen MR) is 54.6 cm³/mol. The van der Waals surface area contributed by atoms with E-state index in [1.807, 2.05) is 26.4 Å². The van der Waals surface area contributed by atoms with Gasteiger partial charge in [0, 0.05) is 19.8 Å². The van der Waals surface area contributed by atoms with Gasteiger partial charge in [-0.2, -0.15) is 10.4 Å². The van der Waals surface area contributed by atoms with E-state index in [9.17, 15) is 0 Å². The largest absolute Gasteiger partial charge is 0.315 e. The molecule has 1 unspecified atom stereocenters. The normalized spacial score (nSPS) is 12.4. The van der Waals surface area contributed by atoms with Gasteiger partial charge >= 0.3 is 0 Å². The zero-order valence-corrected chi connectivity index (χ0v) is 8.70. The minimum Gasteiger partial charge on any atom is -0.315 e. The summed E-state index contributed by atoms with van der Waals surface area (Å²) in [4.78, 5) is 0. The van der Waals surface area contributed by atoms with E-state index >= 15 is 0 Å². The maximum Gasteiger partial charge on any atom is 0.0666 e. The maximum atomic E-state index is 8.55. The Balaban J connectivity index is 2.14. The van der Waals surface area contributed by atoms with E-state index in [2.05, 4.69) is 16.5 Å². The molecule has 1 atom stereocenters. The second kappa shape index (κ2) is 5.40. The van der Waals surface area contributed by atoms with Crippen LogP contribution in [0.25, 0.3) is 0 Å². The summed E-state index contributed by atoms with van der Waals surface area (Å²) < 4.78 is 1.80. The molecule has 1 aromatic heterocycles. The van der Waals surface area contributed by atoms with Gasteiger partial charge in [0.05, 0.1) is 18.2 Å². The van der Waals surface area contributed by atoms with Crippen LogP contribution in [0.4, 0.5) is 0 Å². The second-order valence-electron chi connectivity index (χ2n) is 3.51. The third kappa shape index (κ3) is 3.58. The number of nitrogens with one attached hydrogen (secondary N) is 1. The van der Waals surface area contributed by atoms with Crippen LogP contribution in [0.2, 0.25) is 0 Å². The first-order valence-electron chi connectivity index (χ1n) is 4.80. The molecule has 0 aliphatic rings. The van der Waals surface area contributed by atoms with Crippen molar-refractivity contribution in [1.29, 1.82) is 5.26 Å². The van der Waals surface area contributed by atoms with Gasteiger partial charge in [0.2, 0.25) is 0 Å². The molecule has 0 bridgehead atoms. The summed E-state index contributed by atoms with van der Waals surface area (Å²) in [5.74, 6) is 0.0869. The monoisotopic (exact) mass is 192 g/mol. The van der Waals surface area contributed by atoms with Crippen LogP contribution in [0.5, 0.6) is 0 Å². The molecule has 14 heavy (non-hydrogen) atoms. The van der Waals surface area contributed by atoms with Crippen LogP contribution in [0.15, 0.2) is 12.4 Å². The van der Waals surface area contributed by atoms with Crippen molar-refractivity contribution in [3.8, 4) is 6.07 Å². The Hall–Kier alpha value is -1.34. The molecule has 0 fully saturated rings. The molecule has 4 heteroatoms. The van der Waals surface area contributed by atoms with E-state index < -0.39 is 0 Å². The van der Waals surface area contributed by atoms with Crippen LogP contribution in [0, 0.1) is 17.2 Å². The van der Waals surface area contributed by atoms with Crippen molar-refractivity contribution in [2.24, 2.45) is 13.0 Å². The van der Waals surface area contributed by atoms with Crippen molar-refractivity contribution in [1.82, 2.24) is 15.1 Å². The van der Waals surface area contributed by atoms with Gasteiger partial charge in [-0.1, -0.05) is 0 Å². The number of rotatable bonds is 5. The standard InChI is InChI=1S/C10H16N4/c1-9(5-11)6-12-4-3-10-7-13-14(2)8-10/h7-9,12H,3-4,6H2,1-2H3. The molecular weight excluding hydrogens is 176 g/mol. The Bertz CT molecular complexity index is 310. The Labute approximate surface area is 84.5 Å². The Morgan fingerprint density at radius 1 is 1.71 bits per heavy atom. The van der Waals surface area contributed by atoms with Gasteiger partial charge in [0.25, 0.3) is 0 Å². The second-order valence-corrected chi connectivity index (χ2v) is 3.51. The van der Waals surface area contributed by atoms with Crippen molar-refractivity contribution in [2.75, 3.05) is 13.1 Å². The minimum absolute atomic E-state index is 0.0869. The molecule has 1 aromatic rings. The molecule has 0 saturated carbocycles. The summed E-state index contributed by atoms with van der Waals surface area (Å²) in [6, 6.07) is 2.19. The van der Waals surface area contributed by atoms with E-state index in [0.717, 1.165) is 19.5 Å². The summed E-state index contributed by atoms with van der Waals surface area (Å²) >= 11 is 0. The first-order chi connectivity index (χ1) is 6.72. The highest BCUT2D eigenvalue weighted by atomic mass is 15.2. The van der Waals surface area contributed by atoms with Crippen LogP contribution >= 0.6 is 0 Å². The van der Waals surface area contributed by atoms with Crippen LogP contribution in [0.3, 0.4) is 0 Å². The fourth-order valence-corrected chi connectivity index (χ4v) is 1.20. The number of aryl methyl sites for hydroxylation is 1. The summed E-state index contributed by atoms with van der Waals surface area (Å²) in [6.45, 7) is 3.57. The average molecular weight is 192 g/mol. The molecule has 1 heterocycles. The number of nitriles is 1. The third-order valence-corrected chi connectivity index (χ3v) is 2.02. The Morgan fingerprint density at radius 2 is 2.50 bits per heavy atom. The topological polar surface area (TPSA) is 53.6 Å². The molecule has 0 amide bonds. The molecule has 0 radical (unpaired) electrons. The molecule has 1 rings (SSSR count). The highest BCUT2D eigenvalue weighted by Gasteiger charge is 1.99. The fourth-order valence-electron chi connectivity index (χ4n) is 1.20. The third-order valence-electron chi connectivity index (χ3n) is 2.02. The van der Waals surface area contributed by atoms with Gasteiger partial charge in [-0.25, -0.2) is 0 Å². The molecule has 76 valence electrons. The average Bonchev–Trinajstić information content (AvgIpc) is 2.58. The van der Waals surface area contributed by atoms with Crippen molar-refractivity contribution in [3.63, 3.8) is 0 Å². The molecule has 0 aliphatic carbocycles. The molecule has 1 N–H and O–H groups in total. The van der Waals surface area contributed by atoms with Gasteiger partial charge < -0.3 is 5.32 Å². The summed E-state index contributed by atoms with van der Waals surface area (Å²) in [5, 5.41) is 15.9. The predicted octanol–water partition coefficient (Wildman–Crippen LogP) is 0.712. The molecule has 0 aliphatic heterocycles. The SMILES string of the molecule is CC(C#N)CNCCc1cnn(C)c1. The molecule has 0 spiro atoms. The van der Waals surface area contributed by atoms with E-state index in [1.54, 1.807) is 4.68 Å². The van der Waals surface area contributed by atoms with Gasteiger partial charge in [-0.05, 0) is 25.5 Å². The van der Waals surface area contributed by atoms with Crippen LogP contribution < -0.4 is 5.32 Å². The molecular formula is C10H16N4. The lowest BCUT2D eigenvalue weighted by Crippen LogP contribution is -2.22. The lowest BCUT2D eigenvalue weighted by Gasteiger charge is -2.03. The molecule has 0 aromatic carbocycles. The zero-order chi connectivity index (χ0) is 10.4. The van der Waals surface area contributed by atoms with E-state index in [-0.39, 0.29) is 5.92 Å². The summed E-state index contributed by atoms with van der Waals surface area (Å²) in [5.41, 5.74) is 1.23. The van der Waals surface area contributed by atoms with Crippen LogP contribution in [-0.2, 0) is 13.5 Å². The van der Waals surface area contributed by atoms with Gasteiger partial charge in [0.15, 0.2) is 0 Å². The number of nitrogens with zero attached hydrogens (tertiary/aromatic N) is 3. The van der Waals surface area contributed by atoms with Crippen molar-refractivity contribution in [3.05, 3.63) is 18.0 Å². The lowest BCUT2D eigenvalue weighted by atomic mass is 10.2. The van der Waals surface area contributed by atoms with Crippen molar-refractivity contribution in [2.45, 2.75) is 13.3 Å². The summed E-state index contributed by atoms with van der Waals surface area (Å²) in [6.07, 6.45) is 4.84. The molecule has 0 saturated heterocycles. The zero-order valence-electron chi connectivity index (χ0n) is 8.70. The Kier molecular flexibility index (Phi) is 4.14. The fraction of sp³-hybridized carbons (Fsp3) is 0.600. The highest BCUT2D eigenvalue weighted by molar-refractivity contribution is 5.03. The van der Waals surface area contributed by atoms with E-state index in [4.69, 9.17) is 5.26 Å². The van der Waals surface area contributed by atoms with Gasteiger partial charge in [-0.15, -0.1) is 0 Å². The van der Waals surface area contributed by atoms with Crippen LogP contribution in [-0.4, -0.2) is 22.9 Å². The minimum atomic E-state index is 0.0869. The van der Waals surface area contributed by atoms with Gasteiger partial charge in [-0.3, -0.25) is 4.68 Å². The van der Waals surface area contributed by atoms with Crippen molar-refractivity contribution >= 4 is 0 Å². The van der Waals surface area contributed by atoms with E-state index in [0.29, 0.717) is 0 Å². The lowest BCUT2D eigenvalue weighted by molar-refractivity contribution is 0.602. The highest BCUT2D eigenvalue weighted by Crippen LogP contribution is 1.96. The van der Waals surface area contributed by atoms with Gasteiger partial charge in [0.1, 0.15) is 0 Å². The summed E-state index contributed by atoms with van der Waals surface area (Å²) in [7, 11) is 1.91. The van der Waals surface area contributed by atoms with E-state index in [1.165, 1.54) is 5.56 Å². The number of hydrogen-bond donors (Lipinski definition) is 1.